The minimum Gasteiger partial charge on any atom is -0.497 e. The van der Waals surface area contributed by atoms with E-state index >= 15 is 0 Å². The fourth-order valence-corrected chi connectivity index (χ4v) is 4.42. The quantitative estimate of drug-likeness (QED) is 0.752. The van der Waals surface area contributed by atoms with Gasteiger partial charge in [-0.3, -0.25) is 9.59 Å². The van der Waals surface area contributed by atoms with Crippen molar-refractivity contribution in [3.8, 4) is 5.75 Å². The number of hydrogen-bond acceptors (Lipinski definition) is 4. The summed E-state index contributed by atoms with van der Waals surface area (Å²) in [5, 5.41) is 5.99. The van der Waals surface area contributed by atoms with Crippen molar-refractivity contribution in [2.24, 2.45) is 0 Å². The minimum absolute atomic E-state index is 0.0754. The van der Waals surface area contributed by atoms with Crippen LogP contribution in [0.5, 0.6) is 5.75 Å². The van der Waals surface area contributed by atoms with Crippen LogP contribution in [0.25, 0.3) is 6.08 Å². The molecule has 1 fully saturated rings. The predicted molar refractivity (Wildman–Crippen MR) is 112 cm³/mol. The molecule has 2 aliphatic rings. The monoisotopic (exact) mass is 394 g/mol. The number of amides is 2. The van der Waals surface area contributed by atoms with Crippen LogP contribution in [0.4, 0.5) is 5.69 Å². The number of ether oxygens (including phenoxy) is 1. The van der Waals surface area contributed by atoms with Gasteiger partial charge in [0.1, 0.15) is 5.75 Å². The fraction of sp³-hybridized carbons (Fsp3) is 0.273. The summed E-state index contributed by atoms with van der Waals surface area (Å²) >= 11 is 1.41. The number of anilines is 1. The molecule has 0 saturated heterocycles. The van der Waals surface area contributed by atoms with Crippen molar-refractivity contribution in [2.45, 2.75) is 36.6 Å². The van der Waals surface area contributed by atoms with Crippen LogP contribution >= 0.6 is 11.8 Å². The van der Waals surface area contributed by atoms with Crippen molar-refractivity contribution in [1.82, 2.24) is 5.32 Å². The van der Waals surface area contributed by atoms with Gasteiger partial charge in [-0.15, -0.1) is 0 Å². The van der Waals surface area contributed by atoms with E-state index in [4.69, 9.17) is 4.74 Å². The summed E-state index contributed by atoms with van der Waals surface area (Å²) in [6.07, 6.45) is 6.28. The lowest BCUT2D eigenvalue weighted by molar-refractivity contribution is -0.112. The summed E-state index contributed by atoms with van der Waals surface area (Å²) < 4.78 is 5.16. The normalized spacial score (nSPS) is 17.9. The van der Waals surface area contributed by atoms with Gasteiger partial charge in [0.25, 0.3) is 11.8 Å². The zero-order chi connectivity index (χ0) is 19.5. The van der Waals surface area contributed by atoms with Gasteiger partial charge in [-0.2, -0.15) is 0 Å². The van der Waals surface area contributed by atoms with E-state index in [1.807, 2.05) is 42.5 Å². The SMILES string of the molecule is COc1ccc(C=C2Sc3ccc(C(=O)NC4CCCC4)cc3NC2=O)cc1. The standard InChI is InChI=1S/C22H22N2O3S/c1-27-17-9-6-14(7-10-17)12-20-22(26)24-18-13-15(8-11-19(18)28-20)21(25)23-16-4-2-3-5-16/h6-13,16H,2-5H2,1H3,(H,23,25)(H,24,26). The van der Waals surface area contributed by atoms with Crippen LogP contribution in [0, 0.1) is 0 Å². The summed E-state index contributed by atoms with van der Waals surface area (Å²) in [6, 6.07) is 13.3. The molecular formula is C22H22N2O3S. The molecule has 2 amide bonds. The molecule has 0 unspecified atom stereocenters. The second kappa shape index (κ2) is 8.10. The van der Waals surface area contributed by atoms with Gasteiger partial charge < -0.3 is 15.4 Å². The summed E-state index contributed by atoms with van der Waals surface area (Å²) in [5.41, 5.74) is 2.18. The van der Waals surface area contributed by atoms with Crippen molar-refractivity contribution < 1.29 is 14.3 Å². The number of rotatable bonds is 4. The van der Waals surface area contributed by atoms with Crippen molar-refractivity contribution in [1.29, 1.82) is 0 Å². The van der Waals surface area contributed by atoms with Crippen LogP contribution in [0.2, 0.25) is 0 Å². The second-order valence-electron chi connectivity index (χ2n) is 7.00. The Hall–Kier alpha value is -2.73. The molecule has 4 rings (SSSR count). The molecule has 1 aliphatic heterocycles. The van der Waals surface area contributed by atoms with Crippen LogP contribution in [0.3, 0.4) is 0 Å². The molecule has 2 aromatic carbocycles. The highest BCUT2D eigenvalue weighted by Crippen LogP contribution is 2.39. The van der Waals surface area contributed by atoms with E-state index in [2.05, 4.69) is 10.6 Å². The van der Waals surface area contributed by atoms with E-state index in [1.54, 1.807) is 13.2 Å². The molecule has 6 heteroatoms. The van der Waals surface area contributed by atoms with E-state index in [-0.39, 0.29) is 17.9 Å². The number of thioether (sulfide) groups is 1. The highest BCUT2D eigenvalue weighted by atomic mass is 32.2. The van der Waals surface area contributed by atoms with Crippen molar-refractivity contribution in [3.63, 3.8) is 0 Å². The average Bonchev–Trinajstić information content (AvgIpc) is 3.22. The summed E-state index contributed by atoms with van der Waals surface area (Å²) in [6.45, 7) is 0. The van der Waals surface area contributed by atoms with Crippen molar-refractivity contribution in [3.05, 3.63) is 58.5 Å². The molecular weight excluding hydrogens is 372 g/mol. The van der Waals surface area contributed by atoms with Crippen LogP contribution in [0.1, 0.15) is 41.6 Å². The van der Waals surface area contributed by atoms with Crippen LogP contribution in [-0.4, -0.2) is 25.0 Å². The molecule has 0 atom stereocenters. The second-order valence-corrected chi connectivity index (χ2v) is 8.09. The highest BCUT2D eigenvalue weighted by Gasteiger charge is 2.23. The largest absolute Gasteiger partial charge is 0.497 e. The molecule has 28 heavy (non-hydrogen) atoms. The molecule has 2 aromatic rings. The van der Waals surface area contributed by atoms with E-state index in [0.29, 0.717) is 16.2 Å². The van der Waals surface area contributed by atoms with Gasteiger partial charge in [0.2, 0.25) is 0 Å². The Labute approximate surface area is 168 Å². The number of hydrogen-bond donors (Lipinski definition) is 2. The summed E-state index contributed by atoms with van der Waals surface area (Å²) in [5.74, 6) is 0.534. The van der Waals surface area contributed by atoms with Crippen molar-refractivity contribution in [2.75, 3.05) is 12.4 Å². The number of nitrogens with one attached hydrogen (secondary N) is 2. The maximum Gasteiger partial charge on any atom is 0.262 e. The van der Waals surface area contributed by atoms with Crippen LogP contribution in [0.15, 0.2) is 52.3 Å². The van der Waals surface area contributed by atoms with E-state index in [9.17, 15) is 9.59 Å². The molecule has 1 heterocycles. The van der Waals surface area contributed by atoms with Crippen LogP contribution < -0.4 is 15.4 Å². The molecule has 0 aromatic heterocycles. The number of fused-ring (bicyclic) bond motifs is 1. The van der Waals surface area contributed by atoms with Crippen LogP contribution in [-0.2, 0) is 4.79 Å². The molecule has 0 spiro atoms. The fourth-order valence-electron chi connectivity index (χ4n) is 3.49. The first-order chi connectivity index (χ1) is 13.6. The number of methoxy groups -OCH3 is 1. The van der Waals surface area contributed by atoms with Gasteiger partial charge in [-0.25, -0.2) is 0 Å². The first-order valence-corrected chi connectivity index (χ1v) is 10.2. The van der Waals surface area contributed by atoms with E-state index in [0.717, 1.165) is 29.1 Å². The first kappa shape index (κ1) is 18.6. The van der Waals surface area contributed by atoms with Gasteiger partial charge in [-0.1, -0.05) is 36.7 Å². The Balaban J connectivity index is 1.51. The Morgan fingerprint density at radius 1 is 1.18 bits per heavy atom. The predicted octanol–water partition coefficient (Wildman–Crippen LogP) is 4.45. The lowest BCUT2D eigenvalue weighted by atomic mass is 10.1. The summed E-state index contributed by atoms with van der Waals surface area (Å²) in [4.78, 5) is 26.5. The zero-order valence-electron chi connectivity index (χ0n) is 15.7. The smallest absolute Gasteiger partial charge is 0.262 e. The Morgan fingerprint density at radius 3 is 2.64 bits per heavy atom. The topological polar surface area (TPSA) is 67.4 Å². The number of carbonyl (C=O) groups excluding carboxylic acids is 2. The molecule has 0 radical (unpaired) electrons. The first-order valence-electron chi connectivity index (χ1n) is 9.42. The van der Waals surface area contributed by atoms with Crippen molar-refractivity contribution >= 4 is 35.3 Å². The third-order valence-corrected chi connectivity index (χ3v) is 6.14. The van der Waals surface area contributed by atoms with Gasteiger partial charge >= 0.3 is 0 Å². The highest BCUT2D eigenvalue weighted by molar-refractivity contribution is 8.04. The van der Waals surface area contributed by atoms with Gasteiger partial charge in [0, 0.05) is 16.5 Å². The third kappa shape index (κ3) is 4.07. The number of carbonyl (C=O) groups is 2. The molecule has 1 saturated carbocycles. The maximum absolute atomic E-state index is 12.5. The third-order valence-electron chi connectivity index (χ3n) is 5.04. The minimum atomic E-state index is -0.165. The molecule has 1 aliphatic carbocycles. The van der Waals surface area contributed by atoms with Gasteiger partial charge in [0.05, 0.1) is 17.7 Å². The van der Waals surface area contributed by atoms with Gasteiger partial charge in [-0.05, 0) is 54.8 Å². The Bertz CT molecular complexity index is 931. The molecule has 0 bridgehead atoms. The Morgan fingerprint density at radius 2 is 1.93 bits per heavy atom. The lowest BCUT2D eigenvalue weighted by Crippen LogP contribution is -2.32. The number of benzene rings is 2. The lowest BCUT2D eigenvalue weighted by Gasteiger charge is -2.20. The van der Waals surface area contributed by atoms with Gasteiger partial charge in [0.15, 0.2) is 0 Å². The molecule has 144 valence electrons. The molecule has 5 nitrogen and oxygen atoms in total. The zero-order valence-corrected chi connectivity index (χ0v) is 16.5. The Kier molecular flexibility index (Phi) is 5.39. The average molecular weight is 394 g/mol. The maximum atomic E-state index is 12.5. The summed E-state index contributed by atoms with van der Waals surface area (Å²) in [7, 11) is 1.62. The van der Waals surface area contributed by atoms with E-state index < -0.39 is 0 Å². The molecule has 2 N–H and O–H groups in total. The van der Waals surface area contributed by atoms with E-state index in [1.165, 1.54) is 24.6 Å².